The van der Waals surface area contributed by atoms with Gasteiger partial charge in [-0.1, -0.05) is 6.07 Å². The van der Waals surface area contributed by atoms with Crippen LogP contribution in [0.5, 0.6) is 0 Å². The Bertz CT molecular complexity index is 441. The molecular formula is C14H17F2NO2. The van der Waals surface area contributed by atoms with E-state index >= 15 is 0 Å². The van der Waals surface area contributed by atoms with E-state index in [4.69, 9.17) is 5.11 Å². The number of hydrogen-bond donors (Lipinski definition) is 1. The summed E-state index contributed by atoms with van der Waals surface area (Å²) in [5.41, 5.74) is -0.0457. The first-order valence-corrected chi connectivity index (χ1v) is 6.46. The summed E-state index contributed by atoms with van der Waals surface area (Å²) in [4.78, 5) is 13.6. The molecular weight excluding hydrogens is 252 g/mol. The number of rotatable bonds is 6. The summed E-state index contributed by atoms with van der Waals surface area (Å²) in [6, 6.07) is 3.88. The summed E-state index contributed by atoms with van der Waals surface area (Å²) in [5, 5.41) is 8.92. The van der Waals surface area contributed by atoms with E-state index in [2.05, 4.69) is 0 Å². The molecule has 1 aromatic rings. The number of carbonyl (C=O) groups excluding carboxylic acids is 1. The molecule has 2 rings (SSSR count). The van der Waals surface area contributed by atoms with Crippen LogP contribution in [0.1, 0.15) is 24.8 Å². The minimum atomic E-state index is -0.618. The van der Waals surface area contributed by atoms with Gasteiger partial charge in [-0.05, 0) is 31.4 Å². The Morgan fingerprint density at radius 3 is 2.47 bits per heavy atom. The molecule has 104 valence electrons. The van der Waals surface area contributed by atoms with Crippen molar-refractivity contribution in [2.24, 2.45) is 0 Å². The number of nitrogens with zero attached hydrogens (tertiary/aromatic N) is 1. The first-order valence-electron chi connectivity index (χ1n) is 6.46. The lowest BCUT2D eigenvalue weighted by molar-refractivity contribution is -0.132. The summed E-state index contributed by atoms with van der Waals surface area (Å²) >= 11 is 0. The second-order valence-electron chi connectivity index (χ2n) is 4.74. The normalized spacial score (nSPS) is 14.5. The highest BCUT2D eigenvalue weighted by Crippen LogP contribution is 2.27. The highest BCUT2D eigenvalue weighted by atomic mass is 19.1. The molecule has 0 heterocycles. The van der Waals surface area contributed by atoms with Gasteiger partial charge in [0, 0.05) is 24.6 Å². The molecule has 1 N–H and O–H groups in total. The number of halogens is 2. The maximum Gasteiger partial charge on any atom is 0.223 e. The molecule has 0 spiro atoms. The van der Waals surface area contributed by atoms with Crippen LogP contribution < -0.4 is 0 Å². The van der Waals surface area contributed by atoms with E-state index in [1.165, 1.54) is 18.2 Å². The van der Waals surface area contributed by atoms with E-state index in [1.807, 2.05) is 0 Å². The summed E-state index contributed by atoms with van der Waals surface area (Å²) in [7, 11) is 0. The zero-order valence-corrected chi connectivity index (χ0v) is 10.6. The minimum Gasteiger partial charge on any atom is -0.395 e. The fraction of sp³-hybridized carbons (Fsp3) is 0.500. The van der Waals surface area contributed by atoms with E-state index in [0.29, 0.717) is 6.54 Å². The van der Waals surface area contributed by atoms with Gasteiger partial charge in [-0.3, -0.25) is 4.79 Å². The molecule has 19 heavy (non-hydrogen) atoms. The van der Waals surface area contributed by atoms with Gasteiger partial charge in [0.25, 0.3) is 0 Å². The van der Waals surface area contributed by atoms with Gasteiger partial charge in [0.1, 0.15) is 11.6 Å². The molecule has 1 fully saturated rings. The van der Waals surface area contributed by atoms with Crippen LogP contribution in [0.25, 0.3) is 0 Å². The number of aliphatic hydroxyl groups is 1. The molecule has 1 amide bonds. The van der Waals surface area contributed by atoms with Crippen LogP contribution in [0.2, 0.25) is 0 Å². The molecule has 1 aromatic carbocycles. The van der Waals surface area contributed by atoms with E-state index < -0.39 is 11.6 Å². The van der Waals surface area contributed by atoms with Crippen LogP contribution in [0, 0.1) is 11.6 Å². The predicted molar refractivity (Wildman–Crippen MR) is 66.5 cm³/mol. The van der Waals surface area contributed by atoms with Crippen LogP contribution in [0.4, 0.5) is 8.78 Å². The van der Waals surface area contributed by atoms with Gasteiger partial charge < -0.3 is 10.0 Å². The van der Waals surface area contributed by atoms with Gasteiger partial charge in [-0.15, -0.1) is 0 Å². The van der Waals surface area contributed by atoms with Crippen LogP contribution in [0.3, 0.4) is 0 Å². The van der Waals surface area contributed by atoms with Crippen molar-refractivity contribution in [2.45, 2.75) is 31.7 Å². The van der Waals surface area contributed by atoms with Gasteiger partial charge in [0.05, 0.1) is 6.61 Å². The van der Waals surface area contributed by atoms with Gasteiger partial charge in [0.2, 0.25) is 5.91 Å². The van der Waals surface area contributed by atoms with Gasteiger partial charge in [-0.2, -0.15) is 0 Å². The first-order chi connectivity index (χ1) is 9.13. The summed E-state index contributed by atoms with van der Waals surface area (Å²) in [6.45, 7) is 0.208. The lowest BCUT2D eigenvalue weighted by atomic mass is 10.1. The zero-order valence-electron chi connectivity index (χ0n) is 10.6. The Kier molecular flexibility index (Phi) is 4.47. The lowest BCUT2D eigenvalue weighted by Gasteiger charge is -2.21. The Morgan fingerprint density at radius 2 is 1.95 bits per heavy atom. The minimum absolute atomic E-state index is 0.0457. The summed E-state index contributed by atoms with van der Waals surface area (Å²) < 4.78 is 26.8. The van der Waals surface area contributed by atoms with Crippen LogP contribution in [-0.2, 0) is 11.2 Å². The van der Waals surface area contributed by atoms with Crippen molar-refractivity contribution in [1.82, 2.24) is 4.90 Å². The van der Waals surface area contributed by atoms with Crippen molar-refractivity contribution in [2.75, 3.05) is 13.2 Å². The molecule has 0 bridgehead atoms. The molecule has 3 nitrogen and oxygen atoms in total. The topological polar surface area (TPSA) is 40.5 Å². The third-order valence-electron chi connectivity index (χ3n) is 3.30. The van der Waals surface area contributed by atoms with Gasteiger partial charge in [-0.25, -0.2) is 8.78 Å². The van der Waals surface area contributed by atoms with E-state index in [1.54, 1.807) is 4.90 Å². The van der Waals surface area contributed by atoms with E-state index in [9.17, 15) is 13.6 Å². The molecule has 0 saturated heterocycles. The number of amides is 1. The molecule has 0 radical (unpaired) electrons. The van der Waals surface area contributed by atoms with Gasteiger partial charge >= 0.3 is 0 Å². The molecule has 5 heteroatoms. The Morgan fingerprint density at radius 1 is 1.32 bits per heavy atom. The van der Waals surface area contributed by atoms with Crippen molar-refractivity contribution >= 4 is 5.91 Å². The van der Waals surface area contributed by atoms with E-state index in [0.717, 1.165) is 12.8 Å². The highest BCUT2D eigenvalue weighted by Gasteiger charge is 2.31. The Hall–Kier alpha value is -1.49. The third-order valence-corrected chi connectivity index (χ3v) is 3.30. The van der Waals surface area contributed by atoms with Crippen molar-refractivity contribution in [3.63, 3.8) is 0 Å². The highest BCUT2D eigenvalue weighted by molar-refractivity contribution is 5.77. The third kappa shape index (κ3) is 3.50. The van der Waals surface area contributed by atoms with Crippen LogP contribution in [-0.4, -0.2) is 35.1 Å². The number of aliphatic hydroxyl groups excluding tert-OH is 1. The Labute approximate surface area is 110 Å². The number of carbonyl (C=O) groups is 1. The standard InChI is InChI=1S/C14H17F2NO2/c15-12-2-1-3-13(16)11(12)6-7-14(19)17(8-9-18)10-4-5-10/h1-3,10,18H,4-9H2. The average Bonchev–Trinajstić information content (AvgIpc) is 3.19. The average molecular weight is 269 g/mol. The first kappa shape index (κ1) is 13.9. The van der Waals surface area contributed by atoms with Crippen LogP contribution in [0.15, 0.2) is 18.2 Å². The number of benzene rings is 1. The molecule has 1 aliphatic rings. The zero-order chi connectivity index (χ0) is 13.8. The van der Waals surface area contributed by atoms with Crippen LogP contribution >= 0.6 is 0 Å². The van der Waals surface area contributed by atoms with Crippen molar-refractivity contribution in [3.05, 3.63) is 35.4 Å². The molecule has 0 atom stereocenters. The summed E-state index contributed by atoms with van der Waals surface area (Å²) in [6.07, 6.45) is 2.00. The predicted octanol–water partition coefficient (Wildman–Crippen LogP) is 1.88. The fourth-order valence-corrected chi connectivity index (χ4v) is 2.15. The van der Waals surface area contributed by atoms with Crippen molar-refractivity contribution in [3.8, 4) is 0 Å². The monoisotopic (exact) mass is 269 g/mol. The quantitative estimate of drug-likeness (QED) is 0.856. The fourth-order valence-electron chi connectivity index (χ4n) is 2.15. The molecule has 1 aliphatic carbocycles. The van der Waals surface area contributed by atoms with E-state index in [-0.39, 0.29) is 37.0 Å². The number of hydrogen-bond acceptors (Lipinski definition) is 2. The molecule has 0 aromatic heterocycles. The SMILES string of the molecule is O=C(CCc1c(F)cccc1F)N(CCO)C1CC1. The maximum atomic E-state index is 13.4. The molecule has 0 unspecified atom stereocenters. The molecule has 1 saturated carbocycles. The second kappa shape index (κ2) is 6.10. The van der Waals surface area contributed by atoms with Gasteiger partial charge in [0.15, 0.2) is 0 Å². The van der Waals surface area contributed by atoms with Crippen molar-refractivity contribution < 1.29 is 18.7 Å². The largest absolute Gasteiger partial charge is 0.395 e. The maximum absolute atomic E-state index is 13.4. The second-order valence-corrected chi connectivity index (χ2v) is 4.74. The molecule has 0 aliphatic heterocycles. The summed E-state index contributed by atoms with van der Waals surface area (Å²) in [5.74, 6) is -1.39. The lowest BCUT2D eigenvalue weighted by Crippen LogP contribution is -2.35. The smallest absolute Gasteiger partial charge is 0.223 e. The van der Waals surface area contributed by atoms with Crippen molar-refractivity contribution in [1.29, 1.82) is 0 Å². The Balaban J connectivity index is 1.95.